The Hall–Kier alpha value is -3.46. The van der Waals surface area contributed by atoms with Crippen LogP contribution in [0.15, 0.2) is 48.8 Å². The van der Waals surface area contributed by atoms with Crippen molar-refractivity contribution >= 4 is 17.6 Å². The standard InChI is InChI=1S/C35H46F2N4O3.CH4/c1-6-7-8-16-34(3,4)22-44-33(42)24-9-12-27(13-10-24)35(5,43)29-14-11-26(21-39-29)28-18-23(2)19-31(40-28)41-30-20-25(32(36)37)15-17-38-30;/h11,14-15,17-21,24,27,32,43H,6-10,12-13,16,22H2,1-5H3,(H,38,40,41);1H4/t24?,27?,35-;/m1./s1. The van der Waals surface area contributed by atoms with E-state index in [0.29, 0.717) is 49.5 Å². The van der Waals surface area contributed by atoms with Gasteiger partial charge in [0.05, 0.1) is 23.9 Å². The van der Waals surface area contributed by atoms with Gasteiger partial charge in [-0.1, -0.05) is 47.5 Å². The summed E-state index contributed by atoms with van der Waals surface area (Å²) in [5.41, 5.74) is 1.62. The molecule has 3 heterocycles. The van der Waals surface area contributed by atoms with Crippen molar-refractivity contribution in [1.29, 1.82) is 0 Å². The van der Waals surface area contributed by atoms with Gasteiger partial charge < -0.3 is 15.2 Å². The maximum Gasteiger partial charge on any atom is 0.308 e. The molecule has 1 atom stereocenters. The molecule has 0 saturated heterocycles. The molecule has 1 aliphatic carbocycles. The molecule has 0 bridgehead atoms. The molecule has 4 rings (SSSR count). The molecule has 2 N–H and O–H groups in total. The Morgan fingerprint density at radius 2 is 1.78 bits per heavy atom. The topological polar surface area (TPSA) is 97.2 Å². The highest BCUT2D eigenvalue weighted by molar-refractivity contribution is 5.72. The Morgan fingerprint density at radius 3 is 2.42 bits per heavy atom. The van der Waals surface area contributed by atoms with Crippen LogP contribution in [0.2, 0.25) is 0 Å². The predicted octanol–water partition coefficient (Wildman–Crippen LogP) is 9.33. The molecule has 246 valence electrons. The summed E-state index contributed by atoms with van der Waals surface area (Å²) < 4.78 is 32.0. The number of aryl methyl sites for hydroxylation is 1. The lowest BCUT2D eigenvalue weighted by molar-refractivity contribution is -0.154. The number of halogens is 2. The summed E-state index contributed by atoms with van der Waals surface area (Å²) >= 11 is 0. The molecule has 1 aliphatic rings. The van der Waals surface area contributed by atoms with E-state index in [2.05, 4.69) is 41.0 Å². The number of alkyl halides is 2. The Kier molecular flexibility index (Phi) is 12.6. The quantitative estimate of drug-likeness (QED) is 0.144. The summed E-state index contributed by atoms with van der Waals surface area (Å²) in [5, 5.41) is 14.6. The minimum absolute atomic E-state index is 0. The molecule has 9 heteroatoms. The van der Waals surface area contributed by atoms with E-state index in [1.807, 2.05) is 31.2 Å². The second-order valence-corrected chi connectivity index (χ2v) is 13.2. The highest BCUT2D eigenvalue weighted by Crippen LogP contribution is 2.41. The molecule has 3 aromatic rings. The number of hydrogen-bond acceptors (Lipinski definition) is 7. The number of aliphatic hydroxyl groups is 1. The van der Waals surface area contributed by atoms with Crippen LogP contribution < -0.4 is 5.32 Å². The first-order chi connectivity index (χ1) is 20.9. The minimum Gasteiger partial charge on any atom is -0.465 e. The molecule has 3 aromatic heterocycles. The molecule has 0 unspecified atom stereocenters. The first kappa shape index (κ1) is 36.0. The monoisotopic (exact) mass is 624 g/mol. The third-order valence-corrected chi connectivity index (χ3v) is 8.76. The number of nitrogens with zero attached hydrogens (tertiary/aromatic N) is 3. The summed E-state index contributed by atoms with van der Waals surface area (Å²) in [6.07, 6.45) is 7.80. The molecular formula is C36H50F2N4O3. The van der Waals surface area contributed by atoms with Gasteiger partial charge in [-0.3, -0.25) is 9.78 Å². The highest BCUT2D eigenvalue weighted by atomic mass is 19.3. The van der Waals surface area contributed by atoms with E-state index in [-0.39, 0.29) is 42.0 Å². The molecule has 45 heavy (non-hydrogen) atoms. The third kappa shape index (κ3) is 9.76. The van der Waals surface area contributed by atoms with Crippen LogP contribution in [0, 0.1) is 24.2 Å². The Bertz CT molecular complexity index is 1390. The molecule has 0 aromatic carbocycles. The number of nitrogens with one attached hydrogen (secondary N) is 1. The SMILES string of the molecule is C.CCCCCC(C)(C)COC(=O)C1CCC([C@@](C)(O)c2ccc(-c3cc(C)cc(Nc4cc(C(F)F)ccn4)n3)cn2)CC1. The summed E-state index contributed by atoms with van der Waals surface area (Å²) in [6.45, 7) is 10.7. The van der Waals surface area contributed by atoms with Crippen LogP contribution in [0.3, 0.4) is 0 Å². The van der Waals surface area contributed by atoms with Gasteiger partial charge in [0.1, 0.15) is 17.2 Å². The van der Waals surface area contributed by atoms with Crippen molar-refractivity contribution < 1.29 is 23.4 Å². The normalized spacial score (nSPS) is 18.2. The maximum atomic E-state index is 13.1. The van der Waals surface area contributed by atoms with E-state index in [9.17, 15) is 18.7 Å². The summed E-state index contributed by atoms with van der Waals surface area (Å²) in [5.74, 6) is 0.481. The largest absolute Gasteiger partial charge is 0.465 e. The lowest BCUT2D eigenvalue weighted by Gasteiger charge is -2.37. The van der Waals surface area contributed by atoms with Crippen LogP contribution in [-0.4, -0.2) is 32.6 Å². The van der Waals surface area contributed by atoms with Gasteiger partial charge in [0, 0.05) is 23.5 Å². The predicted molar refractivity (Wildman–Crippen MR) is 175 cm³/mol. The number of esters is 1. The maximum absolute atomic E-state index is 13.1. The van der Waals surface area contributed by atoms with E-state index in [0.717, 1.165) is 24.0 Å². The Morgan fingerprint density at radius 1 is 1.04 bits per heavy atom. The van der Waals surface area contributed by atoms with Crippen molar-refractivity contribution in [3.8, 4) is 11.3 Å². The second kappa shape index (κ2) is 15.7. The van der Waals surface area contributed by atoms with Gasteiger partial charge in [-0.05, 0) is 99.2 Å². The van der Waals surface area contributed by atoms with Crippen LogP contribution in [0.4, 0.5) is 20.4 Å². The lowest BCUT2D eigenvalue weighted by atomic mass is 9.73. The van der Waals surface area contributed by atoms with Gasteiger partial charge in [-0.2, -0.15) is 0 Å². The Labute approximate surface area is 267 Å². The van der Waals surface area contributed by atoms with Crippen LogP contribution in [0.5, 0.6) is 0 Å². The smallest absolute Gasteiger partial charge is 0.308 e. The first-order valence-electron chi connectivity index (χ1n) is 15.7. The highest BCUT2D eigenvalue weighted by Gasteiger charge is 2.39. The molecule has 1 saturated carbocycles. The van der Waals surface area contributed by atoms with Crippen LogP contribution in [0.25, 0.3) is 11.3 Å². The van der Waals surface area contributed by atoms with Crippen molar-refractivity contribution in [2.75, 3.05) is 11.9 Å². The number of aromatic nitrogens is 3. The number of carbonyl (C=O) groups excluding carboxylic acids is 1. The molecule has 0 amide bonds. The van der Waals surface area contributed by atoms with Crippen LogP contribution >= 0.6 is 0 Å². The van der Waals surface area contributed by atoms with Crippen molar-refractivity contribution in [3.63, 3.8) is 0 Å². The number of rotatable bonds is 13. The van der Waals surface area contributed by atoms with E-state index in [4.69, 9.17) is 4.74 Å². The molecule has 0 aliphatic heterocycles. The average molecular weight is 625 g/mol. The van der Waals surface area contributed by atoms with Crippen molar-refractivity contribution in [3.05, 3.63) is 65.6 Å². The molecule has 7 nitrogen and oxygen atoms in total. The second-order valence-electron chi connectivity index (χ2n) is 13.2. The van der Waals surface area contributed by atoms with Gasteiger partial charge in [-0.15, -0.1) is 0 Å². The van der Waals surface area contributed by atoms with E-state index >= 15 is 0 Å². The zero-order valence-electron chi connectivity index (χ0n) is 26.6. The molecule has 1 fully saturated rings. The van der Waals surface area contributed by atoms with Gasteiger partial charge in [-0.25, -0.2) is 18.7 Å². The number of anilines is 2. The number of unbranched alkanes of at least 4 members (excludes halogenated alkanes) is 2. The molecule has 0 radical (unpaired) electrons. The molecule has 0 spiro atoms. The van der Waals surface area contributed by atoms with Crippen molar-refractivity contribution in [1.82, 2.24) is 15.0 Å². The van der Waals surface area contributed by atoms with Gasteiger partial charge in [0.15, 0.2) is 0 Å². The first-order valence-corrected chi connectivity index (χ1v) is 15.7. The summed E-state index contributed by atoms with van der Waals surface area (Å²) in [7, 11) is 0. The van der Waals surface area contributed by atoms with Crippen LogP contribution in [-0.2, 0) is 15.1 Å². The van der Waals surface area contributed by atoms with Gasteiger partial charge >= 0.3 is 5.97 Å². The summed E-state index contributed by atoms with van der Waals surface area (Å²) in [6, 6.07) is 10.0. The average Bonchev–Trinajstić information content (AvgIpc) is 3.00. The van der Waals surface area contributed by atoms with E-state index < -0.39 is 12.0 Å². The van der Waals surface area contributed by atoms with Gasteiger partial charge in [0.25, 0.3) is 6.43 Å². The van der Waals surface area contributed by atoms with Crippen molar-refractivity contribution in [2.24, 2.45) is 17.3 Å². The number of ether oxygens (including phenoxy) is 1. The lowest BCUT2D eigenvalue weighted by Crippen LogP contribution is -2.37. The fourth-order valence-corrected chi connectivity index (χ4v) is 5.92. The minimum atomic E-state index is -2.59. The van der Waals surface area contributed by atoms with E-state index in [1.54, 1.807) is 13.1 Å². The van der Waals surface area contributed by atoms with Crippen molar-refractivity contribution in [2.45, 2.75) is 105 Å². The van der Waals surface area contributed by atoms with Gasteiger partial charge in [0.2, 0.25) is 0 Å². The summed E-state index contributed by atoms with van der Waals surface area (Å²) in [4.78, 5) is 26.2. The zero-order chi connectivity index (χ0) is 31.9. The fourth-order valence-electron chi connectivity index (χ4n) is 5.92. The molecular weight excluding hydrogens is 574 g/mol. The fraction of sp³-hybridized carbons (Fsp3) is 0.556. The Balaban J connectivity index is 0.00000552. The number of pyridine rings is 3. The van der Waals surface area contributed by atoms with Crippen LogP contribution in [0.1, 0.15) is 110 Å². The number of carbonyl (C=O) groups is 1. The van der Waals surface area contributed by atoms with E-state index in [1.165, 1.54) is 31.2 Å². The third-order valence-electron chi connectivity index (χ3n) is 8.76. The number of hydrogen-bond donors (Lipinski definition) is 2. The zero-order valence-corrected chi connectivity index (χ0v) is 26.6.